The largest absolute Gasteiger partial charge is 0.372 e. The molecule has 3 aromatic heterocycles. The predicted molar refractivity (Wildman–Crippen MR) is 96.8 cm³/mol. The molecule has 0 amide bonds. The fraction of sp³-hybridized carbons (Fsp3) is 0.100. The first-order chi connectivity index (χ1) is 12.9. The third-order valence-corrected chi connectivity index (χ3v) is 4.44. The minimum Gasteiger partial charge on any atom is -0.372 e. The van der Waals surface area contributed by atoms with E-state index in [0.717, 1.165) is 28.3 Å². The summed E-state index contributed by atoms with van der Waals surface area (Å²) >= 11 is 0. The van der Waals surface area contributed by atoms with Gasteiger partial charge in [0.2, 0.25) is 0 Å². The van der Waals surface area contributed by atoms with Gasteiger partial charge in [-0.25, -0.2) is 15.0 Å². The summed E-state index contributed by atoms with van der Waals surface area (Å²) in [4.78, 5) is 21.0. The van der Waals surface area contributed by atoms with Crippen LogP contribution in [-0.4, -0.2) is 24.9 Å². The van der Waals surface area contributed by atoms with Gasteiger partial charge in [0, 0.05) is 18.0 Å². The van der Waals surface area contributed by atoms with Crippen molar-refractivity contribution in [3.8, 4) is 34.2 Å². The average Bonchev–Trinajstić information content (AvgIpc) is 3.36. The minimum absolute atomic E-state index is 0.644. The molecule has 0 fully saturated rings. The van der Waals surface area contributed by atoms with Gasteiger partial charge in [0.05, 0.1) is 30.3 Å². The maximum atomic E-state index is 5.54. The third-order valence-electron chi connectivity index (χ3n) is 4.44. The summed E-state index contributed by atoms with van der Waals surface area (Å²) in [5.74, 6) is 0.694. The Balaban J connectivity index is 1.69. The van der Waals surface area contributed by atoms with Gasteiger partial charge in [-0.2, -0.15) is 0 Å². The van der Waals surface area contributed by atoms with Crippen molar-refractivity contribution < 1.29 is 4.74 Å². The van der Waals surface area contributed by atoms with E-state index in [1.807, 2.05) is 24.3 Å². The number of benzene rings is 1. The molecule has 0 saturated heterocycles. The van der Waals surface area contributed by atoms with Crippen molar-refractivity contribution >= 4 is 0 Å². The van der Waals surface area contributed by atoms with Crippen molar-refractivity contribution in [2.75, 3.05) is 0 Å². The number of imidazole rings is 1. The molecular weight excluding hydrogens is 326 g/mol. The number of pyridine rings is 1. The summed E-state index contributed by atoms with van der Waals surface area (Å²) in [6.07, 6.45) is 5.00. The Bertz CT molecular complexity index is 1060. The maximum absolute atomic E-state index is 5.54. The lowest BCUT2D eigenvalue weighted by Crippen LogP contribution is -1.89. The van der Waals surface area contributed by atoms with Crippen LogP contribution >= 0.6 is 0 Å². The number of rotatable bonds is 3. The molecule has 0 saturated carbocycles. The van der Waals surface area contributed by atoms with Crippen molar-refractivity contribution in [1.29, 1.82) is 0 Å². The molecule has 0 atom stereocenters. The van der Waals surface area contributed by atoms with Crippen LogP contribution in [-0.2, 0) is 18.0 Å². The van der Waals surface area contributed by atoms with Crippen LogP contribution in [0.4, 0.5) is 0 Å². The van der Waals surface area contributed by atoms with Crippen molar-refractivity contribution in [3.05, 3.63) is 72.3 Å². The normalized spacial score (nSPS) is 12.9. The molecule has 0 unspecified atom stereocenters. The summed E-state index contributed by atoms with van der Waals surface area (Å²) in [5, 5.41) is 0. The molecule has 4 heterocycles. The zero-order valence-electron chi connectivity index (χ0n) is 13.9. The molecule has 0 spiro atoms. The van der Waals surface area contributed by atoms with Gasteiger partial charge in [-0.3, -0.25) is 4.98 Å². The van der Waals surface area contributed by atoms with E-state index in [9.17, 15) is 0 Å². The molecule has 0 aliphatic carbocycles. The van der Waals surface area contributed by atoms with E-state index < -0.39 is 0 Å². The fourth-order valence-corrected chi connectivity index (χ4v) is 3.15. The third kappa shape index (κ3) is 2.57. The second kappa shape index (κ2) is 6.16. The number of ether oxygens (including phenoxy) is 1. The summed E-state index contributed by atoms with van der Waals surface area (Å²) in [6.45, 7) is 1.32. The summed E-state index contributed by atoms with van der Waals surface area (Å²) in [6, 6.07) is 14.0. The van der Waals surface area contributed by atoms with E-state index in [-0.39, 0.29) is 0 Å². The molecule has 1 aromatic carbocycles. The van der Waals surface area contributed by atoms with E-state index in [1.165, 1.54) is 17.5 Å². The van der Waals surface area contributed by atoms with E-state index in [0.29, 0.717) is 19.0 Å². The highest BCUT2D eigenvalue weighted by Gasteiger charge is 2.19. The predicted octanol–water partition coefficient (Wildman–Crippen LogP) is 3.63. The van der Waals surface area contributed by atoms with Crippen molar-refractivity contribution in [2.45, 2.75) is 13.2 Å². The number of aromatic nitrogens is 5. The smallest absolute Gasteiger partial charge is 0.157 e. The molecule has 26 heavy (non-hydrogen) atoms. The zero-order chi connectivity index (χ0) is 17.3. The first kappa shape index (κ1) is 14.9. The quantitative estimate of drug-likeness (QED) is 0.616. The second-order valence-corrected chi connectivity index (χ2v) is 6.09. The Kier molecular flexibility index (Phi) is 3.54. The molecule has 1 N–H and O–H groups in total. The van der Waals surface area contributed by atoms with Gasteiger partial charge in [0.15, 0.2) is 5.82 Å². The molecule has 5 rings (SSSR count). The molecule has 1 aliphatic rings. The Labute approximate surface area is 150 Å². The SMILES string of the molecule is c1ccc(-c2[nH]c(-c3ccncn3)nc2-c2ccc3c(c2)COC3)nc1. The van der Waals surface area contributed by atoms with Gasteiger partial charge in [-0.05, 0) is 35.4 Å². The van der Waals surface area contributed by atoms with Crippen LogP contribution in [0.5, 0.6) is 0 Å². The number of nitrogens with zero attached hydrogens (tertiary/aromatic N) is 4. The number of aromatic amines is 1. The van der Waals surface area contributed by atoms with Gasteiger partial charge in [-0.1, -0.05) is 18.2 Å². The van der Waals surface area contributed by atoms with E-state index >= 15 is 0 Å². The number of nitrogens with one attached hydrogen (secondary N) is 1. The lowest BCUT2D eigenvalue weighted by molar-refractivity contribution is 0.134. The maximum Gasteiger partial charge on any atom is 0.157 e. The zero-order valence-corrected chi connectivity index (χ0v) is 13.9. The van der Waals surface area contributed by atoms with E-state index in [1.54, 1.807) is 12.4 Å². The topological polar surface area (TPSA) is 76.6 Å². The lowest BCUT2D eigenvalue weighted by atomic mass is 10.0. The van der Waals surface area contributed by atoms with Crippen molar-refractivity contribution in [2.24, 2.45) is 0 Å². The van der Waals surface area contributed by atoms with Gasteiger partial charge in [0.1, 0.15) is 12.0 Å². The van der Waals surface area contributed by atoms with Crippen molar-refractivity contribution in [1.82, 2.24) is 24.9 Å². The summed E-state index contributed by atoms with van der Waals surface area (Å²) in [5.41, 5.74) is 6.79. The Morgan fingerprint density at radius 2 is 1.85 bits per heavy atom. The number of fused-ring (bicyclic) bond motifs is 1. The molecule has 0 radical (unpaired) electrons. The van der Waals surface area contributed by atoms with Crippen LogP contribution < -0.4 is 0 Å². The van der Waals surface area contributed by atoms with Crippen LogP contribution in [0.1, 0.15) is 11.1 Å². The van der Waals surface area contributed by atoms with Crippen LogP contribution in [0.25, 0.3) is 34.2 Å². The molecule has 6 heteroatoms. The number of hydrogen-bond donors (Lipinski definition) is 1. The Morgan fingerprint density at radius 1 is 0.885 bits per heavy atom. The highest BCUT2D eigenvalue weighted by atomic mass is 16.5. The fourth-order valence-electron chi connectivity index (χ4n) is 3.15. The van der Waals surface area contributed by atoms with Crippen LogP contribution in [0.2, 0.25) is 0 Å². The molecular formula is C20H15N5O. The number of H-pyrrole nitrogens is 1. The van der Waals surface area contributed by atoms with Crippen LogP contribution in [0, 0.1) is 0 Å². The highest BCUT2D eigenvalue weighted by molar-refractivity contribution is 5.79. The van der Waals surface area contributed by atoms with Crippen LogP contribution in [0.15, 0.2) is 61.2 Å². The summed E-state index contributed by atoms with van der Waals surface area (Å²) < 4.78 is 5.54. The Morgan fingerprint density at radius 3 is 2.69 bits per heavy atom. The van der Waals surface area contributed by atoms with Gasteiger partial charge >= 0.3 is 0 Å². The minimum atomic E-state index is 0.644. The first-order valence-corrected chi connectivity index (χ1v) is 8.36. The Hall–Kier alpha value is -3.38. The molecule has 0 bridgehead atoms. The van der Waals surface area contributed by atoms with Crippen molar-refractivity contribution in [3.63, 3.8) is 0 Å². The van der Waals surface area contributed by atoms with E-state index in [2.05, 4.69) is 38.1 Å². The molecule has 1 aliphatic heterocycles. The molecule has 126 valence electrons. The van der Waals surface area contributed by atoms with Crippen LogP contribution in [0.3, 0.4) is 0 Å². The lowest BCUT2D eigenvalue weighted by Gasteiger charge is -2.04. The van der Waals surface area contributed by atoms with Gasteiger partial charge in [-0.15, -0.1) is 0 Å². The monoisotopic (exact) mass is 341 g/mol. The highest BCUT2D eigenvalue weighted by Crippen LogP contribution is 2.33. The molecule has 6 nitrogen and oxygen atoms in total. The van der Waals surface area contributed by atoms with E-state index in [4.69, 9.17) is 9.72 Å². The average molecular weight is 341 g/mol. The van der Waals surface area contributed by atoms with Gasteiger partial charge in [0.25, 0.3) is 0 Å². The molecule has 4 aromatic rings. The summed E-state index contributed by atoms with van der Waals surface area (Å²) in [7, 11) is 0. The number of hydrogen-bond acceptors (Lipinski definition) is 5. The standard InChI is InChI=1S/C20H15N5O/c1-2-7-22-16(3-1)19-18(13-4-5-14-10-26-11-15(14)9-13)24-20(25-19)17-6-8-21-12-23-17/h1-9,12H,10-11H2,(H,24,25). The van der Waals surface area contributed by atoms with Gasteiger partial charge < -0.3 is 9.72 Å². The second-order valence-electron chi connectivity index (χ2n) is 6.09. The first-order valence-electron chi connectivity index (χ1n) is 8.36.